The minimum absolute atomic E-state index is 0. The third kappa shape index (κ3) is 2.63. The predicted octanol–water partition coefficient (Wildman–Crippen LogP) is 2.43. The van der Waals surface area contributed by atoms with Crippen LogP contribution >= 0.6 is 0 Å². The van der Waals surface area contributed by atoms with Gasteiger partial charge >= 0.3 is 0 Å². The van der Waals surface area contributed by atoms with Crippen molar-refractivity contribution in [1.82, 2.24) is 6.15 Å². The Morgan fingerprint density at radius 1 is 1.15 bits per heavy atom. The van der Waals surface area contributed by atoms with E-state index in [0.29, 0.717) is 0 Å². The van der Waals surface area contributed by atoms with E-state index in [1.54, 1.807) is 14.2 Å². The Morgan fingerprint density at radius 2 is 1.85 bits per heavy atom. The standard InChI is InChI=1S/C10H14O2.H3N/c1-4-8-5-6-9(11-2)7-10(8)12-3;/h5-7H,4H2,1-3H3;1H3. The molecule has 0 amide bonds. The van der Waals surface area contributed by atoms with Gasteiger partial charge in [0.25, 0.3) is 0 Å². The highest BCUT2D eigenvalue weighted by atomic mass is 16.5. The highest BCUT2D eigenvalue weighted by Gasteiger charge is 2.01. The number of benzene rings is 1. The van der Waals surface area contributed by atoms with Crippen molar-refractivity contribution in [3.05, 3.63) is 23.8 Å². The highest BCUT2D eigenvalue weighted by Crippen LogP contribution is 2.24. The lowest BCUT2D eigenvalue weighted by molar-refractivity contribution is 0.391. The maximum absolute atomic E-state index is 5.20. The van der Waals surface area contributed by atoms with Gasteiger partial charge in [0.2, 0.25) is 0 Å². The molecular formula is C10H17NO2. The number of aryl methyl sites for hydroxylation is 1. The van der Waals surface area contributed by atoms with Crippen molar-refractivity contribution >= 4 is 0 Å². The van der Waals surface area contributed by atoms with Crippen LogP contribution in [0.3, 0.4) is 0 Å². The summed E-state index contributed by atoms with van der Waals surface area (Å²) in [6, 6.07) is 5.87. The topological polar surface area (TPSA) is 53.5 Å². The lowest BCUT2D eigenvalue weighted by atomic mass is 10.1. The highest BCUT2D eigenvalue weighted by molar-refractivity contribution is 5.40. The fraction of sp³-hybridized carbons (Fsp3) is 0.400. The summed E-state index contributed by atoms with van der Waals surface area (Å²) in [7, 11) is 3.33. The van der Waals surface area contributed by atoms with Gasteiger partial charge in [0, 0.05) is 6.07 Å². The van der Waals surface area contributed by atoms with Gasteiger partial charge in [0.1, 0.15) is 11.5 Å². The van der Waals surface area contributed by atoms with Crippen molar-refractivity contribution in [1.29, 1.82) is 0 Å². The van der Waals surface area contributed by atoms with E-state index in [-0.39, 0.29) is 6.15 Å². The van der Waals surface area contributed by atoms with Crippen LogP contribution < -0.4 is 15.6 Å². The van der Waals surface area contributed by atoms with Crippen LogP contribution in [0.15, 0.2) is 18.2 Å². The molecule has 3 heteroatoms. The summed E-state index contributed by atoms with van der Waals surface area (Å²) in [5.41, 5.74) is 1.21. The Balaban J connectivity index is 0.00000144. The van der Waals surface area contributed by atoms with Gasteiger partial charge in [-0.25, -0.2) is 0 Å². The summed E-state index contributed by atoms with van der Waals surface area (Å²) in [6.45, 7) is 2.10. The predicted molar refractivity (Wildman–Crippen MR) is 53.9 cm³/mol. The largest absolute Gasteiger partial charge is 0.497 e. The number of rotatable bonds is 3. The zero-order valence-electron chi connectivity index (χ0n) is 8.46. The molecule has 1 aromatic carbocycles. The Labute approximate surface area is 79.3 Å². The summed E-state index contributed by atoms with van der Waals surface area (Å²) in [5, 5.41) is 0. The molecule has 0 saturated carbocycles. The van der Waals surface area contributed by atoms with E-state index in [1.807, 2.05) is 18.2 Å². The minimum atomic E-state index is 0. The fourth-order valence-electron chi connectivity index (χ4n) is 1.14. The molecule has 0 heterocycles. The Morgan fingerprint density at radius 3 is 2.31 bits per heavy atom. The smallest absolute Gasteiger partial charge is 0.125 e. The number of hydrogen-bond donors (Lipinski definition) is 1. The molecule has 3 N–H and O–H groups in total. The van der Waals surface area contributed by atoms with Gasteiger partial charge in [-0.1, -0.05) is 13.0 Å². The van der Waals surface area contributed by atoms with Crippen LogP contribution in [-0.2, 0) is 6.42 Å². The Bertz CT molecular complexity index is 261. The van der Waals surface area contributed by atoms with Crippen molar-refractivity contribution in [2.24, 2.45) is 0 Å². The van der Waals surface area contributed by atoms with E-state index < -0.39 is 0 Å². The van der Waals surface area contributed by atoms with E-state index in [0.717, 1.165) is 17.9 Å². The van der Waals surface area contributed by atoms with Crippen LogP contribution in [0, 0.1) is 0 Å². The second-order valence-corrected chi connectivity index (χ2v) is 2.53. The summed E-state index contributed by atoms with van der Waals surface area (Å²) in [5.74, 6) is 1.74. The molecule has 0 atom stereocenters. The molecule has 1 aromatic rings. The van der Waals surface area contributed by atoms with Gasteiger partial charge in [-0.15, -0.1) is 0 Å². The molecule has 0 radical (unpaired) electrons. The second-order valence-electron chi connectivity index (χ2n) is 2.53. The third-order valence-corrected chi connectivity index (χ3v) is 1.88. The second kappa shape index (κ2) is 5.43. The van der Waals surface area contributed by atoms with Crippen LogP contribution in [0.5, 0.6) is 11.5 Å². The average Bonchev–Trinajstić information content (AvgIpc) is 2.16. The molecular weight excluding hydrogens is 166 g/mol. The van der Waals surface area contributed by atoms with E-state index in [2.05, 4.69) is 6.92 Å². The summed E-state index contributed by atoms with van der Waals surface area (Å²) < 4.78 is 10.3. The SMILES string of the molecule is CCc1ccc(OC)cc1OC.N. The molecule has 0 aliphatic rings. The molecule has 0 saturated heterocycles. The number of methoxy groups -OCH3 is 2. The van der Waals surface area contributed by atoms with E-state index in [4.69, 9.17) is 9.47 Å². The minimum Gasteiger partial charge on any atom is -0.497 e. The van der Waals surface area contributed by atoms with Crippen LogP contribution in [0.2, 0.25) is 0 Å². The average molecular weight is 183 g/mol. The van der Waals surface area contributed by atoms with Crippen LogP contribution in [0.4, 0.5) is 0 Å². The fourth-order valence-corrected chi connectivity index (χ4v) is 1.14. The first-order valence-corrected chi connectivity index (χ1v) is 4.02. The van der Waals surface area contributed by atoms with Crippen molar-refractivity contribution in [2.75, 3.05) is 14.2 Å². The quantitative estimate of drug-likeness (QED) is 0.783. The van der Waals surface area contributed by atoms with E-state index in [1.165, 1.54) is 5.56 Å². The Kier molecular flexibility index (Phi) is 4.92. The number of hydrogen-bond acceptors (Lipinski definition) is 3. The number of ether oxygens (including phenoxy) is 2. The summed E-state index contributed by atoms with van der Waals surface area (Å²) in [4.78, 5) is 0. The van der Waals surface area contributed by atoms with Gasteiger partial charge in [0.15, 0.2) is 0 Å². The molecule has 0 aromatic heterocycles. The zero-order valence-corrected chi connectivity index (χ0v) is 8.46. The summed E-state index contributed by atoms with van der Waals surface area (Å²) in [6.07, 6.45) is 0.979. The molecule has 0 aliphatic heterocycles. The first-order chi connectivity index (χ1) is 5.81. The first-order valence-electron chi connectivity index (χ1n) is 4.02. The maximum Gasteiger partial charge on any atom is 0.125 e. The molecule has 74 valence electrons. The third-order valence-electron chi connectivity index (χ3n) is 1.88. The van der Waals surface area contributed by atoms with Crippen LogP contribution in [-0.4, -0.2) is 14.2 Å². The molecule has 0 unspecified atom stereocenters. The van der Waals surface area contributed by atoms with Gasteiger partial charge < -0.3 is 15.6 Å². The van der Waals surface area contributed by atoms with E-state index in [9.17, 15) is 0 Å². The van der Waals surface area contributed by atoms with Gasteiger partial charge in [-0.3, -0.25) is 0 Å². The van der Waals surface area contributed by atoms with Crippen LogP contribution in [0.1, 0.15) is 12.5 Å². The van der Waals surface area contributed by atoms with Gasteiger partial charge in [-0.2, -0.15) is 0 Å². The van der Waals surface area contributed by atoms with Gasteiger partial charge in [0.05, 0.1) is 14.2 Å². The van der Waals surface area contributed by atoms with E-state index >= 15 is 0 Å². The zero-order chi connectivity index (χ0) is 8.97. The van der Waals surface area contributed by atoms with Crippen molar-refractivity contribution in [3.8, 4) is 11.5 Å². The molecule has 0 fully saturated rings. The normalized spacial score (nSPS) is 8.85. The van der Waals surface area contributed by atoms with Gasteiger partial charge in [-0.05, 0) is 18.1 Å². The molecule has 3 nitrogen and oxygen atoms in total. The van der Waals surface area contributed by atoms with Crippen LogP contribution in [0.25, 0.3) is 0 Å². The molecule has 0 aliphatic carbocycles. The monoisotopic (exact) mass is 183 g/mol. The van der Waals surface area contributed by atoms with Crippen molar-refractivity contribution < 1.29 is 9.47 Å². The first kappa shape index (κ1) is 11.8. The molecule has 0 spiro atoms. The van der Waals surface area contributed by atoms with Crippen molar-refractivity contribution in [2.45, 2.75) is 13.3 Å². The summed E-state index contributed by atoms with van der Waals surface area (Å²) >= 11 is 0. The molecule has 0 bridgehead atoms. The lowest BCUT2D eigenvalue weighted by Gasteiger charge is -2.07. The molecule has 1 rings (SSSR count). The van der Waals surface area contributed by atoms with Crippen molar-refractivity contribution in [3.63, 3.8) is 0 Å². The molecule has 13 heavy (non-hydrogen) atoms. The lowest BCUT2D eigenvalue weighted by Crippen LogP contribution is -1.91. The maximum atomic E-state index is 5.20. The Hall–Kier alpha value is -1.22.